The summed E-state index contributed by atoms with van der Waals surface area (Å²) in [7, 11) is 0. The third-order valence-electron chi connectivity index (χ3n) is 5.82. The van der Waals surface area contributed by atoms with Crippen LogP contribution in [0.15, 0.2) is 60.8 Å². The number of nitrogens with zero attached hydrogens (tertiary/aromatic N) is 3. The van der Waals surface area contributed by atoms with E-state index in [2.05, 4.69) is 10.1 Å². The van der Waals surface area contributed by atoms with E-state index in [1.165, 1.54) is 4.52 Å². The van der Waals surface area contributed by atoms with Crippen molar-refractivity contribution in [1.82, 2.24) is 19.5 Å². The molecule has 1 fully saturated rings. The Morgan fingerprint density at radius 3 is 2.31 bits per heavy atom. The lowest BCUT2D eigenvalue weighted by Crippen LogP contribution is -2.50. The number of likely N-dealkylation sites (tertiary alicyclic amines) is 1. The number of carbonyl (C=O) groups is 2. The van der Waals surface area contributed by atoms with E-state index in [-0.39, 0.29) is 17.7 Å². The average molecular weight is 474 g/mol. The van der Waals surface area contributed by atoms with Gasteiger partial charge in [0.05, 0.1) is 11.9 Å². The van der Waals surface area contributed by atoms with Crippen LogP contribution in [0.25, 0.3) is 16.9 Å². The Hall–Kier alpha value is -4.27. The number of amides is 2. The fourth-order valence-electron chi connectivity index (χ4n) is 4.14. The summed E-state index contributed by atoms with van der Waals surface area (Å²) < 4.78 is 12.8. The van der Waals surface area contributed by atoms with Crippen molar-refractivity contribution >= 4 is 17.6 Å². The number of hydrogen-bond acceptors (Lipinski definition) is 5. The number of primary amides is 1. The first-order valence-electron chi connectivity index (χ1n) is 11.4. The minimum atomic E-state index is -0.588. The second-order valence-electron chi connectivity index (χ2n) is 9.59. The van der Waals surface area contributed by atoms with Gasteiger partial charge in [0.15, 0.2) is 5.69 Å². The smallest absolute Gasteiger partial charge is 0.410 e. The molecule has 9 heteroatoms. The van der Waals surface area contributed by atoms with E-state index in [4.69, 9.17) is 15.2 Å². The Bertz CT molecular complexity index is 1380. The molecule has 0 unspecified atom stereocenters. The third-order valence-corrected chi connectivity index (χ3v) is 5.82. The van der Waals surface area contributed by atoms with Gasteiger partial charge in [0.2, 0.25) is 0 Å². The van der Waals surface area contributed by atoms with E-state index in [9.17, 15) is 9.59 Å². The Morgan fingerprint density at radius 2 is 1.69 bits per heavy atom. The highest BCUT2D eigenvalue weighted by Crippen LogP contribution is 2.34. The number of nitrogens with two attached hydrogens (primary N) is 1. The van der Waals surface area contributed by atoms with Gasteiger partial charge in [-0.1, -0.05) is 18.2 Å². The van der Waals surface area contributed by atoms with Crippen molar-refractivity contribution in [3.05, 3.63) is 72.1 Å². The van der Waals surface area contributed by atoms with E-state index in [1.54, 1.807) is 11.1 Å². The molecule has 9 nitrogen and oxygen atoms in total. The topological polar surface area (TPSA) is 115 Å². The molecule has 4 aromatic rings. The summed E-state index contributed by atoms with van der Waals surface area (Å²) in [6.07, 6.45) is 1.38. The zero-order valence-corrected chi connectivity index (χ0v) is 19.8. The number of para-hydroxylation sites is 1. The molecule has 0 spiro atoms. The first-order valence-corrected chi connectivity index (χ1v) is 11.4. The zero-order chi connectivity index (χ0) is 24.7. The molecule has 0 aliphatic carbocycles. The summed E-state index contributed by atoms with van der Waals surface area (Å²) in [5.41, 5.74) is 8.42. The SMILES string of the molecule is CC(C)(C)OC(=O)N1CC(c2cnn3c(C(N)=O)c(-c4ccc(Oc5ccccc5)cc4)[nH]c23)C1. The van der Waals surface area contributed by atoms with Crippen molar-refractivity contribution in [2.24, 2.45) is 5.73 Å². The lowest BCUT2D eigenvalue weighted by Gasteiger charge is -2.39. The molecule has 2 aromatic carbocycles. The predicted octanol–water partition coefficient (Wildman–Crippen LogP) is 4.55. The fraction of sp³-hybridized carbons (Fsp3) is 0.269. The van der Waals surface area contributed by atoms with Crippen molar-refractivity contribution in [2.45, 2.75) is 32.3 Å². The Balaban J connectivity index is 1.39. The maximum absolute atomic E-state index is 12.4. The van der Waals surface area contributed by atoms with Gasteiger partial charge in [-0.05, 0) is 57.2 Å². The number of rotatable bonds is 5. The predicted molar refractivity (Wildman–Crippen MR) is 131 cm³/mol. The summed E-state index contributed by atoms with van der Waals surface area (Å²) >= 11 is 0. The number of ether oxygens (including phenoxy) is 2. The van der Waals surface area contributed by atoms with Crippen LogP contribution in [0.1, 0.15) is 42.7 Å². The van der Waals surface area contributed by atoms with Crippen LogP contribution in [-0.4, -0.2) is 50.2 Å². The first-order chi connectivity index (χ1) is 16.7. The molecule has 0 radical (unpaired) electrons. The van der Waals surface area contributed by atoms with E-state index < -0.39 is 11.5 Å². The van der Waals surface area contributed by atoms with Crippen LogP contribution in [-0.2, 0) is 4.74 Å². The Morgan fingerprint density at radius 1 is 1.03 bits per heavy atom. The molecular formula is C26H27N5O4. The molecule has 0 atom stereocenters. The molecule has 3 N–H and O–H groups in total. The fourth-order valence-corrected chi connectivity index (χ4v) is 4.14. The first kappa shape index (κ1) is 22.5. The number of carbonyl (C=O) groups excluding carboxylic acids is 2. The van der Waals surface area contributed by atoms with Crippen molar-refractivity contribution < 1.29 is 19.1 Å². The van der Waals surface area contributed by atoms with Crippen LogP contribution in [0.4, 0.5) is 4.79 Å². The standard InChI is InChI=1S/C26H27N5O4/c1-26(2,3)35-25(33)30-14-17(15-30)20-13-28-31-22(23(27)32)21(29-24(20)31)16-9-11-19(12-10-16)34-18-7-5-4-6-8-18/h4-13,17,29H,14-15H2,1-3H3,(H2,27,32). The average Bonchev–Trinajstić information content (AvgIpc) is 3.33. The second-order valence-corrected chi connectivity index (χ2v) is 9.59. The maximum atomic E-state index is 12.4. The molecule has 2 amide bonds. The van der Waals surface area contributed by atoms with Crippen molar-refractivity contribution in [2.75, 3.05) is 13.1 Å². The second kappa shape index (κ2) is 8.50. The van der Waals surface area contributed by atoms with Crippen molar-refractivity contribution in [1.29, 1.82) is 0 Å². The van der Waals surface area contributed by atoms with Crippen molar-refractivity contribution in [3.8, 4) is 22.8 Å². The van der Waals surface area contributed by atoms with Crippen LogP contribution in [0.3, 0.4) is 0 Å². The van der Waals surface area contributed by atoms with Crippen LogP contribution in [0.5, 0.6) is 11.5 Å². The molecule has 0 bridgehead atoms. The highest BCUT2D eigenvalue weighted by atomic mass is 16.6. The minimum absolute atomic E-state index is 0.0777. The lowest BCUT2D eigenvalue weighted by molar-refractivity contribution is 0.00827. The molecule has 1 aliphatic heterocycles. The van der Waals surface area contributed by atoms with Crippen LogP contribution in [0.2, 0.25) is 0 Å². The summed E-state index contributed by atoms with van der Waals surface area (Å²) in [5.74, 6) is 0.902. The number of benzene rings is 2. The summed E-state index contributed by atoms with van der Waals surface area (Å²) in [4.78, 5) is 29.7. The lowest BCUT2D eigenvalue weighted by atomic mass is 9.94. The summed E-state index contributed by atoms with van der Waals surface area (Å²) in [5, 5.41) is 4.42. The number of nitrogens with one attached hydrogen (secondary N) is 1. The van der Waals surface area contributed by atoms with Crippen LogP contribution in [0, 0.1) is 0 Å². The third kappa shape index (κ3) is 4.44. The summed E-state index contributed by atoms with van der Waals surface area (Å²) in [6.45, 7) is 6.56. The van der Waals surface area contributed by atoms with Gasteiger partial charge in [-0.15, -0.1) is 0 Å². The number of H-pyrrole nitrogens is 1. The van der Waals surface area contributed by atoms with Gasteiger partial charge in [-0.25, -0.2) is 9.31 Å². The molecule has 5 rings (SSSR count). The van der Waals surface area contributed by atoms with Gasteiger partial charge < -0.3 is 25.1 Å². The largest absolute Gasteiger partial charge is 0.457 e. The van der Waals surface area contributed by atoms with Gasteiger partial charge in [0.1, 0.15) is 22.7 Å². The summed E-state index contributed by atoms with van der Waals surface area (Å²) in [6, 6.07) is 16.9. The molecular weight excluding hydrogens is 446 g/mol. The molecule has 0 saturated carbocycles. The minimum Gasteiger partial charge on any atom is -0.457 e. The number of aromatic amines is 1. The Labute approximate surface area is 202 Å². The highest BCUT2D eigenvalue weighted by molar-refractivity contribution is 5.98. The molecule has 180 valence electrons. The van der Waals surface area contributed by atoms with Gasteiger partial charge in [0, 0.05) is 30.1 Å². The molecule has 3 heterocycles. The number of fused-ring (bicyclic) bond motifs is 1. The highest BCUT2D eigenvalue weighted by Gasteiger charge is 2.37. The van der Waals surface area contributed by atoms with Gasteiger partial charge >= 0.3 is 6.09 Å². The van der Waals surface area contributed by atoms with Gasteiger partial charge in [-0.3, -0.25) is 4.79 Å². The number of hydrogen-bond donors (Lipinski definition) is 2. The van der Waals surface area contributed by atoms with Gasteiger partial charge in [0.25, 0.3) is 5.91 Å². The van der Waals surface area contributed by atoms with E-state index in [0.717, 1.165) is 16.9 Å². The van der Waals surface area contributed by atoms with E-state index in [1.807, 2.05) is 75.4 Å². The maximum Gasteiger partial charge on any atom is 0.410 e. The zero-order valence-electron chi connectivity index (χ0n) is 19.8. The molecule has 2 aromatic heterocycles. The molecule has 1 saturated heterocycles. The van der Waals surface area contributed by atoms with E-state index >= 15 is 0 Å². The van der Waals surface area contributed by atoms with E-state index in [0.29, 0.717) is 30.2 Å². The quantitative estimate of drug-likeness (QED) is 0.441. The van der Waals surface area contributed by atoms with Crippen LogP contribution >= 0.6 is 0 Å². The number of aromatic nitrogens is 3. The van der Waals surface area contributed by atoms with Gasteiger partial charge in [-0.2, -0.15) is 5.10 Å². The van der Waals surface area contributed by atoms with Crippen molar-refractivity contribution in [3.63, 3.8) is 0 Å². The molecule has 35 heavy (non-hydrogen) atoms. The van der Waals surface area contributed by atoms with Crippen LogP contribution < -0.4 is 10.5 Å². The molecule has 1 aliphatic rings. The Kier molecular flexibility index (Phi) is 5.47. The number of imidazole rings is 1. The normalized spacial score (nSPS) is 14.1. The monoisotopic (exact) mass is 473 g/mol.